The molecule has 0 spiro atoms. The number of phenolic OH excluding ortho intramolecular Hbond substituents is 1. The summed E-state index contributed by atoms with van der Waals surface area (Å²) in [4.78, 5) is 25.7. The molecule has 0 radical (unpaired) electrons. The number of anilines is 2. The monoisotopic (exact) mass is 358 g/mol. The zero-order valence-electron chi connectivity index (χ0n) is 13.6. The lowest BCUT2D eigenvalue weighted by Crippen LogP contribution is -2.35. The molecule has 3 rings (SSSR count). The van der Waals surface area contributed by atoms with E-state index in [1.807, 2.05) is 0 Å². The van der Waals surface area contributed by atoms with E-state index in [9.17, 15) is 18.9 Å². The molecule has 2 amide bonds. The minimum Gasteiger partial charge on any atom is -0.508 e. The number of phenols is 1. The van der Waals surface area contributed by atoms with Crippen molar-refractivity contribution < 1.29 is 18.9 Å². The van der Waals surface area contributed by atoms with Gasteiger partial charge >= 0.3 is 0 Å². The van der Waals surface area contributed by atoms with Gasteiger partial charge in [-0.05, 0) is 61.4 Å². The molecule has 2 aromatic rings. The van der Waals surface area contributed by atoms with Crippen LogP contribution in [0.3, 0.4) is 0 Å². The Bertz CT molecular complexity index is 827. The molecule has 130 valence electrons. The SMILES string of the molecule is CS(=O)c1ccc(NC(=O)C2(C(=O)Nc3ccc(O)cc3)CC2)cc1. The van der Waals surface area contributed by atoms with Crippen LogP contribution >= 0.6 is 0 Å². The number of rotatable bonds is 5. The maximum absolute atomic E-state index is 12.5. The number of amides is 2. The second-order valence-corrected chi connectivity index (χ2v) is 7.40. The number of benzene rings is 2. The summed E-state index contributed by atoms with van der Waals surface area (Å²) >= 11 is 0. The Kier molecular flexibility index (Phi) is 4.59. The molecule has 7 heteroatoms. The van der Waals surface area contributed by atoms with Gasteiger partial charge in [0.05, 0.1) is 0 Å². The molecule has 1 aliphatic carbocycles. The number of carbonyl (C=O) groups is 2. The van der Waals surface area contributed by atoms with Crippen LogP contribution in [0.15, 0.2) is 53.4 Å². The largest absolute Gasteiger partial charge is 0.508 e. The molecule has 1 atom stereocenters. The molecule has 0 bridgehead atoms. The number of carbonyl (C=O) groups excluding carboxylic acids is 2. The normalized spacial score (nSPS) is 15.9. The predicted octanol–water partition coefficient (Wildman–Crippen LogP) is 2.49. The van der Waals surface area contributed by atoms with E-state index in [4.69, 9.17) is 0 Å². The van der Waals surface area contributed by atoms with Gasteiger partial charge in [-0.15, -0.1) is 0 Å². The van der Waals surface area contributed by atoms with E-state index in [1.165, 1.54) is 12.1 Å². The number of aromatic hydroxyl groups is 1. The first-order valence-corrected chi connectivity index (χ1v) is 9.32. The lowest BCUT2D eigenvalue weighted by atomic mass is 10.0. The smallest absolute Gasteiger partial charge is 0.240 e. The molecule has 0 heterocycles. The van der Waals surface area contributed by atoms with E-state index in [-0.39, 0.29) is 17.6 Å². The molecule has 6 nitrogen and oxygen atoms in total. The highest BCUT2D eigenvalue weighted by Gasteiger charge is 2.56. The molecule has 1 saturated carbocycles. The van der Waals surface area contributed by atoms with E-state index in [0.717, 1.165) is 0 Å². The van der Waals surface area contributed by atoms with Crippen molar-refractivity contribution in [3.63, 3.8) is 0 Å². The van der Waals surface area contributed by atoms with Crippen molar-refractivity contribution in [2.75, 3.05) is 16.9 Å². The maximum Gasteiger partial charge on any atom is 0.240 e. The molecule has 0 saturated heterocycles. The van der Waals surface area contributed by atoms with Crippen LogP contribution in [0.25, 0.3) is 0 Å². The van der Waals surface area contributed by atoms with Gasteiger partial charge in [0.2, 0.25) is 11.8 Å². The summed E-state index contributed by atoms with van der Waals surface area (Å²) in [5.41, 5.74) is 0.0176. The molecule has 0 aromatic heterocycles. The van der Waals surface area contributed by atoms with Crippen LogP contribution in [0.2, 0.25) is 0 Å². The van der Waals surface area contributed by atoms with Gasteiger partial charge in [0.1, 0.15) is 11.2 Å². The zero-order chi connectivity index (χ0) is 18.0. The van der Waals surface area contributed by atoms with Gasteiger partial charge in [-0.3, -0.25) is 13.8 Å². The second-order valence-electron chi connectivity index (χ2n) is 6.02. The average Bonchev–Trinajstić information content (AvgIpc) is 3.39. The summed E-state index contributed by atoms with van der Waals surface area (Å²) in [5, 5.41) is 14.7. The lowest BCUT2D eigenvalue weighted by molar-refractivity contribution is -0.131. The van der Waals surface area contributed by atoms with Gasteiger partial charge in [-0.1, -0.05) is 0 Å². The summed E-state index contributed by atoms with van der Waals surface area (Å²) in [6, 6.07) is 12.8. The predicted molar refractivity (Wildman–Crippen MR) is 95.8 cm³/mol. The van der Waals surface area contributed by atoms with Crippen LogP contribution in [0, 0.1) is 5.41 Å². The Balaban J connectivity index is 1.67. The van der Waals surface area contributed by atoms with Crippen molar-refractivity contribution in [1.29, 1.82) is 0 Å². The average molecular weight is 358 g/mol. The summed E-state index contributed by atoms with van der Waals surface area (Å²) in [7, 11) is -1.08. The number of hydrogen-bond acceptors (Lipinski definition) is 4. The maximum atomic E-state index is 12.5. The summed E-state index contributed by atoms with van der Waals surface area (Å²) in [5.74, 6) is -0.607. The summed E-state index contributed by atoms with van der Waals surface area (Å²) in [6.45, 7) is 0. The first kappa shape index (κ1) is 17.2. The van der Waals surface area contributed by atoms with Gasteiger partial charge in [-0.25, -0.2) is 0 Å². The first-order valence-electron chi connectivity index (χ1n) is 7.76. The second kappa shape index (κ2) is 6.68. The Labute approximate surface area is 147 Å². The minimum atomic E-state index is -1.08. The van der Waals surface area contributed by atoms with Crippen molar-refractivity contribution in [3.05, 3.63) is 48.5 Å². The highest BCUT2D eigenvalue weighted by atomic mass is 32.2. The number of hydrogen-bond donors (Lipinski definition) is 3. The van der Waals surface area contributed by atoms with Crippen molar-refractivity contribution >= 4 is 34.0 Å². The molecule has 1 unspecified atom stereocenters. The highest BCUT2D eigenvalue weighted by Crippen LogP contribution is 2.47. The van der Waals surface area contributed by atoms with E-state index < -0.39 is 16.2 Å². The van der Waals surface area contributed by atoms with Gasteiger partial charge in [0.15, 0.2) is 0 Å². The van der Waals surface area contributed by atoms with Gasteiger partial charge in [-0.2, -0.15) is 0 Å². The summed E-state index contributed by atoms with van der Waals surface area (Å²) in [6.07, 6.45) is 2.56. The molecule has 2 aromatic carbocycles. The Hall–Kier alpha value is -2.67. The molecule has 1 aliphatic rings. The third kappa shape index (κ3) is 3.71. The van der Waals surface area contributed by atoms with Crippen molar-refractivity contribution in [2.24, 2.45) is 5.41 Å². The van der Waals surface area contributed by atoms with Gasteiger partial charge in [0.25, 0.3) is 0 Å². The van der Waals surface area contributed by atoms with E-state index in [2.05, 4.69) is 10.6 Å². The van der Waals surface area contributed by atoms with Crippen LogP contribution in [0.1, 0.15) is 12.8 Å². The summed E-state index contributed by atoms with van der Waals surface area (Å²) < 4.78 is 11.4. The minimum absolute atomic E-state index is 0.105. The molecule has 0 aliphatic heterocycles. The van der Waals surface area contributed by atoms with E-state index in [1.54, 1.807) is 42.7 Å². The molecular weight excluding hydrogens is 340 g/mol. The van der Waals surface area contributed by atoms with Crippen LogP contribution < -0.4 is 10.6 Å². The van der Waals surface area contributed by atoms with Gasteiger partial charge in [0, 0.05) is 33.3 Å². The van der Waals surface area contributed by atoms with Crippen molar-refractivity contribution in [3.8, 4) is 5.75 Å². The van der Waals surface area contributed by atoms with Crippen molar-refractivity contribution in [2.45, 2.75) is 17.7 Å². The lowest BCUT2D eigenvalue weighted by Gasteiger charge is -2.15. The Morgan fingerprint density at radius 3 is 1.76 bits per heavy atom. The van der Waals surface area contributed by atoms with Gasteiger partial charge < -0.3 is 15.7 Å². The fourth-order valence-electron chi connectivity index (χ4n) is 2.46. The van der Waals surface area contributed by atoms with E-state index in [0.29, 0.717) is 29.1 Å². The fraction of sp³-hybridized carbons (Fsp3) is 0.222. The zero-order valence-corrected chi connectivity index (χ0v) is 14.4. The molecule has 1 fully saturated rings. The Morgan fingerprint density at radius 1 is 0.920 bits per heavy atom. The highest BCUT2D eigenvalue weighted by molar-refractivity contribution is 7.84. The quantitative estimate of drug-likeness (QED) is 0.565. The third-order valence-electron chi connectivity index (χ3n) is 4.19. The Morgan fingerprint density at radius 2 is 1.36 bits per heavy atom. The van der Waals surface area contributed by atoms with Crippen LogP contribution in [0.4, 0.5) is 11.4 Å². The van der Waals surface area contributed by atoms with E-state index >= 15 is 0 Å². The number of nitrogens with one attached hydrogen (secondary N) is 2. The van der Waals surface area contributed by atoms with Crippen LogP contribution in [0.5, 0.6) is 5.75 Å². The molecule has 25 heavy (non-hydrogen) atoms. The first-order chi connectivity index (χ1) is 11.9. The molecule has 3 N–H and O–H groups in total. The molecular formula is C18H18N2O4S. The van der Waals surface area contributed by atoms with Crippen LogP contribution in [-0.2, 0) is 20.4 Å². The standard InChI is InChI=1S/C18H18N2O4S/c1-25(24)15-8-4-13(5-9-15)20-17(23)18(10-11-18)16(22)19-12-2-6-14(21)7-3-12/h2-9,21H,10-11H2,1H3,(H,19,22)(H,20,23). The van der Waals surface area contributed by atoms with Crippen LogP contribution in [-0.4, -0.2) is 27.4 Å². The topological polar surface area (TPSA) is 95.5 Å². The third-order valence-corrected chi connectivity index (χ3v) is 5.12. The fourth-order valence-corrected chi connectivity index (χ4v) is 2.98. The van der Waals surface area contributed by atoms with Crippen molar-refractivity contribution in [1.82, 2.24) is 0 Å².